The van der Waals surface area contributed by atoms with Gasteiger partial charge in [0.2, 0.25) is 0 Å². The summed E-state index contributed by atoms with van der Waals surface area (Å²) in [6, 6.07) is 1.70. The molecule has 0 aromatic carbocycles. The number of H-pyrrole nitrogens is 1. The molecule has 0 saturated carbocycles. The van der Waals surface area contributed by atoms with Crippen LogP contribution in [0.4, 0.5) is 11.5 Å². The van der Waals surface area contributed by atoms with Crippen LogP contribution < -0.4 is 11.0 Å². The summed E-state index contributed by atoms with van der Waals surface area (Å²) in [6.07, 6.45) is 3.61. The fourth-order valence-corrected chi connectivity index (χ4v) is 1.91. The third-order valence-corrected chi connectivity index (χ3v) is 2.80. The van der Waals surface area contributed by atoms with Gasteiger partial charge in [-0.25, -0.2) is 19.3 Å². The Morgan fingerprint density at radius 1 is 1.47 bits per heavy atom. The van der Waals surface area contributed by atoms with E-state index in [9.17, 15) is 4.79 Å². The van der Waals surface area contributed by atoms with Gasteiger partial charge < -0.3 is 5.32 Å². The fraction of sp³-hybridized carbons (Fsp3) is 0.273. The summed E-state index contributed by atoms with van der Waals surface area (Å²) >= 11 is 0. The zero-order valence-electron chi connectivity index (χ0n) is 10.6. The SMILES string of the molecule is CCn1cc(Nc2cc3n[nH]c(=O)n3c(C)n2)cn1. The molecule has 0 spiro atoms. The van der Waals surface area contributed by atoms with E-state index in [1.165, 1.54) is 4.40 Å². The van der Waals surface area contributed by atoms with E-state index in [1.54, 1.807) is 19.2 Å². The summed E-state index contributed by atoms with van der Waals surface area (Å²) in [5.74, 6) is 1.20. The van der Waals surface area contributed by atoms with E-state index in [0.29, 0.717) is 17.3 Å². The lowest BCUT2D eigenvalue weighted by atomic mass is 10.4. The average molecular weight is 259 g/mol. The molecule has 0 aliphatic heterocycles. The van der Waals surface area contributed by atoms with E-state index in [2.05, 4.69) is 25.6 Å². The van der Waals surface area contributed by atoms with Gasteiger partial charge in [0.15, 0.2) is 5.65 Å². The Morgan fingerprint density at radius 3 is 3.05 bits per heavy atom. The van der Waals surface area contributed by atoms with Gasteiger partial charge in [0.1, 0.15) is 11.6 Å². The molecule has 8 heteroatoms. The molecular formula is C11H13N7O. The number of hydrogen-bond acceptors (Lipinski definition) is 5. The summed E-state index contributed by atoms with van der Waals surface area (Å²) in [5.41, 5.74) is 1.09. The van der Waals surface area contributed by atoms with Gasteiger partial charge in [-0.05, 0) is 13.8 Å². The summed E-state index contributed by atoms with van der Waals surface area (Å²) in [5, 5.41) is 13.6. The van der Waals surface area contributed by atoms with E-state index < -0.39 is 0 Å². The van der Waals surface area contributed by atoms with Gasteiger partial charge in [-0.1, -0.05) is 0 Å². The molecule has 0 fully saturated rings. The Hall–Kier alpha value is -2.64. The third kappa shape index (κ3) is 1.96. The summed E-state index contributed by atoms with van der Waals surface area (Å²) in [6.45, 7) is 4.58. The minimum Gasteiger partial charge on any atom is -0.337 e. The van der Waals surface area contributed by atoms with Crippen molar-refractivity contribution in [2.45, 2.75) is 20.4 Å². The molecular weight excluding hydrogens is 246 g/mol. The van der Waals surface area contributed by atoms with E-state index >= 15 is 0 Å². The zero-order chi connectivity index (χ0) is 13.4. The number of aryl methyl sites for hydroxylation is 2. The molecule has 3 rings (SSSR count). The van der Waals surface area contributed by atoms with E-state index in [1.807, 2.05) is 17.8 Å². The molecule has 3 heterocycles. The summed E-state index contributed by atoms with van der Waals surface area (Å²) in [4.78, 5) is 15.8. The number of hydrogen-bond donors (Lipinski definition) is 2. The van der Waals surface area contributed by atoms with E-state index in [4.69, 9.17) is 0 Å². The number of aromatic amines is 1. The number of anilines is 2. The molecule has 0 atom stereocenters. The van der Waals surface area contributed by atoms with Crippen LogP contribution in [0.1, 0.15) is 12.7 Å². The van der Waals surface area contributed by atoms with Gasteiger partial charge in [0.05, 0.1) is 11.9 Å². The Balaban J connectivity index is 1.99. The van der Waals surface area contributed by atoms with Crippen molar-refractivity contribution in [2.75, 3.05) is 5.32 Å². The first-order valence-corrected chi connectivity index (χ1v) is 5.91. The first-order chi connectivity index (χ1) is 9.17. The second-order valence-electron chi connectivity index (χ2n) is 4.12. The lowest BCUT2D eigenvalue weighted by Gasteiger charge is -2.04. The molecule has 3 aromatic heterocycles. The van der Waals surface area contributed by atoms with Crippen molar-refractivity contribution in [1.29, 1.82) is 0 Å². The predicted octanol–water partition coefficient (Wildman–Crippen LogP) is 0.686. The number of aromatic nitrogens is 6. The molecule has 0 aliphatic carbocycles. The number of nitrogens with zero attached hydrogens (tertiary/aromatic N) is 5. The predicted molar refractivity (Wildman–Crippen MR) is 69.5 cm³/mol. The van der Waals surface area contributed by atoms with Crippen LogP contribution in [0.15, 0.2) is 23.3 Å². The highest BCUT2D eigenvalue weighted by molar-refractivity contribution is 5.58. The average Bonchev–Trinajstić information content (AvgIpc) is 2.97. The molecule has 0 radical (unpaired) electrons. The molecule has 2 N–H and O–H groups in total. The molecule has 3 aromatic rings. The van der Waals surface area contributed by atoms with Gasteiger partial charge >= 0.3 is 5.69 Å². The van der Waals surface area contributed by atoms with Crippen LogP contribution in [-0.2, 0) is 6.54 Å². The monoisotopic (exact) mass is 259 g/mol. The zero-order valence-corrected chi connectivity index (χ0v) is 10.6. The maximum absolute atomic E-state index is 11.5. The largest absolute Gasteiger partial charge is 0.349 e. The molecule has 0 bridgehead atoms. The lowest BCUT2D eigenvalue weighted by Crippen LogP contribution is -2.13. The quantitative estimate of drug-likeness (QED) is 0.721. The summed E-state index contributed by atoms with van der Waals surface area (Å²) < 4.78 is 3.23. The van der Waals surface area contributed by atoms with Gasteiger partial charge in [0, 0.05) is 18.8 Å². The minimum absolute atomic E-state index is 0.287. The molecule has 0 amide bonds. The first-order valence-electron chi connectivity index (χ1n) is 5.91. The lowest BCUT2D eigenvalue weighted by molar-refractivity contribution is 0.660. The highest BCUT2D eigenvalue weighted by atomic mass is 16.1. The van der Waals surface area contributed by atoms with Crippen molar-refractivity contribution >= 4 is 17.2 Å². The van der Waals surface area contributed by atoms with Crippen LogP contribution in [-0.4, -0.2) is 29.4 Å². The van der Waals surface area contributed by atoms with Crippen LogP contribution in [0, 0.1) is 6.92 Å². The standard InChI is InChI=1S/C11H13N7O/c1-3-17-6-8(5-12-17)14-9-4-10-15-16-11(19)18(10)7(2)13-9/h4-6,14H,3H2,1-2H3,(H,16,19). The third-order valence-electron chi connectivity index (χ3n) is 2.80. The highest BCUT2D eigenvalue weighted by Gasteiger charge is 2.07. The van der Waals surface area contributed by atoms with Crippen LogP contribution in [0.25, 0.3) is 5.65 Å². The molecule has 19 heavy (non-hydrogen) atoms. The molecule has 0 saturated heterocycles. The van der Waals surface area contributed by atoms with Gasteiger partial charge in [-0.15, -0.1) is 0 Å². The van der Waals surface area contributed by atoms with Crippen LogP contribution >= 0.6 is 0 Å². The number of rotatable bonds is 3. The van der Waals surface area contributed by atoms with Crippen molar-refractivity contribution in [2.24, 2.45) is 0 Å². The van der Waals surface area contributed by atoms with E-state index in [0.717, 1.165) is 12.2 Å². The Labute approximate surface area is 108 Å². The molecule has 98 valence electrons. The van der Waals surface area contributed by atoms with Crippen molar-refractivity contribution in [3.63, 3.8) is 0 Å². The van der Waals surface area contributed by atoms with Gasteiger partial charge in [-0.3, -0.25) is 4.68 Å². The Bertz CT molecular complexity index is 782. The second-order valence-corrected chi connectivity index (χ2v) is 4.12. The Kier molecular flexibility index (Phi) is 2.55. The maximum Gasteiger partial charge on any atom is 0.349 e. The van der Waals surface area contributed by atoms with Crippen molar-refractivity contribution in [3.05, 3.63) is 34.8 Å². The number of fused-ring (bicyclic) bond motifs is 1. The van der Waals surface area contributed by atoms with Gasteiger partial charge in [0.25, 0.3) is 0 Å². The van der Waals surface area contributed by atoms with Crippen LogP contribution in [0.2, 0.25) is 0 Å². The van der Waals surface area contributed by atoms with Crippen molar-refractivity contribution < 1.29 is 0 Å². The van der Waals surface area contributed by atoms with Crippen LogP contribution in [0.5, 0.6) is 0 Å². The second kappa shape index (κ2) is 4.23. The summed E-state index contributed by atoms with van der Waals surface area (Å²) in [7, 11) is 0. The van der Waals surface area contributed by atoms with Gasteiger partial charge in [-0.2, -0.15) is 10.2 Å². The minimum atomic E-state index is -0.287. The highest BCUT2D eigenvalue weighted by Crippen LogP contribution is 2.15. The first kappa shape index (κ1) is 11.5. The Morgan fingerprint density at radius 2 is 2.32 bits per heavy atom. The van der Waals surface area contributed by atoms with Crippen LogP contribution in [0.3, 0.4) is 0 Å². The smallest absolute Gasteiger partial charge is 0.337 e. The topological polar surface area (TPSA) is 92.9 Å². The molecule has 0 aliphatic rings. The molecule has 0 unspecified atom stereocenters. The number of nitrogens with one attached hydrogen (secondary N) is 2. The van der Waals surface area contributed by atoms with Crippen molar-refractivity contribution in [3.8, 4) is 0 Å². The maximum atomic E-state index is 11.5. The normalized spacial score (nSPS) is 11.1. The fourth-order valence-electron chi connectivity index (χ4n) is 1.91. The van der Waals surface area contributed by atoms with Crippen molar-refractivity contribution in [1.82, 2.24) is 29.4 Å². The molecule has 8 nitrogen and oxygen atoms in total. The van der Waals surface area contributed by atoms with E-state index in [-0.39, 0.29) is 5.69 Å².